The summed E-state index contributed by atoms with van der Waals surface area (Å²) in [5.74, 6) is 1.82. The van der Waals surface area contributed by atoms with Crippen LogP contribution in [0.1, 0.15) is 12.5 Å². The van der Waals surface area contributed by atoms with E-state index in [0.717, 1.165) is 27.5 Å². The standard InChI is InChI=1S/C21H23ClO4S/c1-4-24-21(23)13-26-20-10-9-19(11-16(20)3)27-14-15(2)12-25-18-7-5-17(22)6-8-18/h5-11H,2,4,12-14H2,1,3H3. The van der Waals surface area contributed by atoms with Gasteiger partial charge in [-0.25, -0.2) is 4.79 Å². The molecule has 0 spiro atoms. The van der Waals surface area contributed by atoms with Crippen molar-refractivity contribution < 1.29 is 19.0 Å². The molecule has 0 amide bonds. The molecule has 0 aliphatic heterocycles. The van der Waals surface area contributed by atoms with Gasteiger partial charge in [-0.1, -0.05) is 18.2 Å². The molecule has 0 aromatic heterocycles. The SMILES string of the molecule is C=C(COc1ccc(Cl)cc1)CSc1ccc(OCC(=O)OCC)c(C)c1. The molecule has 0 aliphatic rings. The molecule has 0 unspecified atom stereocenters. The van der Waals surface area contributed by atoms with E-state index in [0.29, 0.717) is 24.0 Å². The van der Waals surface area contributed by atoms with Crippen LogP contribution < -0.4 is 9.47 Å². The largest absolute Gasteiger partial charge is 0.489 e. The van der Waals surface area contributed by atoms with E-state index in [1.165, 1.54) is 0 Å². The normalized spacial score (nSPS) is 10.3. The number of hydrogen-bond donors (Lipinski definition) is 0. The number of carbonyl (C=O) groups is 1. The summed E-state index contributed by atoms with van der Waals surface area (Å²) < 4.78 is 16.0. The number of rotatable bonds is 10. The van der Waals surface area contributed by atoms with Crippen LogP contribution in [-0.4, -0.2) is 31.5 Å². The van der Waals surface area contributed by atoms with Gasteiger partial charge in [0, 0.05) is 15.7 Å². The zero-order valence-corrected chi connectivity index (χ0v) is 17.1. The van der Waals surface area contributed by atoms with E-state index in [1.54, 1.807) is 30.8 Å². The molecular weight excluding hydrogens is 384 g/mol. The van der Waals surface area contributed by atoms with Crippen LogP contribution in [0.15, 0.2) is 59.5 Å². The van der Waals surface area contributed by atoms with Crippen molar-refractivity contribution in [3.8, 4) is 11.5 Å². The molecule has 0 radical (unpaired) electrons. The molecule has 0 N–H and O–H groups in total. The Morgan fingerprint density at radius 1 is 1.11 bits per heavy atom. The first kappa shape index (κ1) is 21.2. The highest BCUT2D eigenvalue weighted by atomic mass is 35.5. The molecule has 27 heavy (non-hydrogen) atoms. The fourth-order valence-corrected chi connectivity index (χ4v) is 3.16. The van der Waals surface area contributed by atoms with Gasteiger partial charge < -0.3 is 14.2 Å². The van der Waals surface area contributed by atoms with E-state index >= 15 is 0 Å². The van der Waals surface area contributed by atoms with E-state index < -0.39 is 0 Å². The van der Waals surface area contributed by atoms with Gasteiger partial charge in [0.2, 0.25) is 0 Å². The molecular formula is C21H23ClO4S. The predicted molar refractivity (Wildman–Crippen MR) is 110 cm³/mol. The van der Waals surface area contributed by atoms with E-state index in [9.17, 15) is 4.79 Å². The summed E-state index contributed by atoms with van der Waals surface area (Å²) in [4.78, 5) is 12.5. The lowest BCUT2D eigenvalue weighted by molar-refractivity contribution is -0.145. The van der Waals surface area contributed by atoms with Crippen molar-refractivity contribution in [3.05, 3.63) is 65.2 Å². The van der Waals surface area contributed by atoms with Crippen LogP contribution in [0.3, 0.4) is 0 Å². The molecule has 2 aromatic carbocycles. The minimum atomic E-state index is -0.368. The maximum absolute atomic E-state index is 11.4. The van der Waals surface area contributed by atoms with Gasteiger partial charge in [0.05, 0.1) is 6.61 Å². The van der Waals surface area contributed by atoms with Crippen molar-refractivity contribution in [2.24, 2.45) is 0 Å². The summed E-state index contributed by atoms with van der Waals surface area (Å²) in [6.07, 6.45) is 0. The Kier molecular flexibility index (Phi) is 8.55. The average Bonchev–Trinajstić information content (AvgIpc) is 2.65. The molecule has 2 rings (SSSR count). The zero-order chi connectivity index (χ0) is 19.6. The van der Waals surface area contributed by atoms with Crippen LogP contribution in [0.5, 0.6) is 11.5 Å². The monoisotopic (exact) mass is 406 g/mol. The minimum absolute atomic E-state index is 0.0833. The van der Waals surface area contributed by atoms with E-state index in [4.69, 9.17) is 25.8 Å². The van der Waals surface area contributed by atoms with Crippen molar-refractivity contribution >= 4 is 29.3 Å². The highest BCUT2D eigenvalue weighted by molar-refractivity contribution is 7.99. The Morgan fingerprint density at radius 3 is 2.52 bits per heavy atom. The maximum Gasteiger partial charge on any atom is 0.344 e. The molecule has 2 aromatic rings. The van der Waals surface area contributed by atoms with Crippen LogP contribution in [0.4, 0.5) is 0 Å². The quantitative estimate of drug-likeness (QED) is 0.303. The highest BCUT2D eigenvalue weighted by Gasteiger charge is 2.07. The van der Waals surface area contributed by atoms with E-state index in [2.05, 4.69) is 6.58 Å². The van der Waals surface area contributed by atoms with Gasteiger partial charge in [-0.15, -0.1) is 11.8 Å². The van der Waals surface area contributed by atoms with Crippen LogP contribution in [0.2, 0.25) is 5.02 Å². The topological polar surface area (TPSA) is 44.8 Å². The minimum Gasteiger partial charge on any atom is -0.489 e. The highest BCUT2D eigenvalue weighted by Crippen LogP contribution is 2.27. The van der Waals surface area contributed by atoms with Gasteiger partial charge in [0.1, 0.15) is 18.1 Å². The Morgan fingerprint density at radius 2 is 1.85 bits per heavy atom. The van der Waals surface area contributed by atoms with Crippen molar-refractivity contribution in [2.45, 2.75) is 18.7 Å². The average molecular weight is 407 g/mol. The third-order valence-corrected chi connectivity index (χ3v) is 4.89. The summed E-state index contributed by atoms with van der Waals surface area (Å²) >= 11 is 7.53. The lowest BCUT2D eigenvalue weighted by Crippen LogP contribution is -2.14. The number of carbonyl (C=O) groups excluding carboxylic acids is 1. The lowest BCUT2D eigenvalue weighted by Gasteiger charge is -2.11. The van der Waals surface area contributed by atoms with Gasteiger partial charge in [0.15, 0.2) is 6.61 Å². The van der Waals surface area contributed by atoms with Gasteiger partial charge in [0.25, 0.3) is 0 Å². The number of benzene rings is 2. The van der Waals surface area contributed by atoms with E-state index in [-0.39, 0.29) is 12.6 Å². The Labute approximate surface area is 169 Å². The van der Waals surface area contributed by atoms with Gasteiger partial charge >= 0.3 is 5.97 Å². The van der Waals surface area contributed by atoms with Gasteiger partial charge in [-0.2, -0.15) is 0 Å². The zero-order valence-electron chi connectivity index (χ0n) is 15.5. The number of aryl methyl sites for hydroxylation is 1. The second-order valence-electron chi connectivity index (χ2n) is 5.80. The number of esters is 1. The number of hydrogen-bond acceptors (Lipinski definition) is 5. The Balaban J connectivity index is 1.78. The summed E-state index contributed by atoms with van der Waals surface area (Å²) in [7, 11) is 0. The third-order valence-electron chi connectivity index (χ3n) is 3.50. The molecule has 0 saturated carbocycles. The number of halogens is 1. The fraction of sp³-hybridized carbons (Fsp3) is 0.286. The molecule has 0 atom stereocenters. The summed E-state index contributed by atoms with van der Waals surface area (Å²) in [5.41, 5.74) is 1.95. The smallest absolute Gasteiger partial charge is 0.344 e. The van der Waals surface area contributed by atoms with Crippen molar-refractivity contribution in [2.75, 3.05) is 25.6 Å². The molecule has 4 nitrogen and oxygen atoms in total. The Hall–Kier alpha value is -2.11. The maximum atomic E-state index is 11.4. The lowest BCUT2D eigenvalue weighted by atomic mass is 10.2. The predicted octanol–water partition coefficient (Wildman–Crippen LogP) is 5.32. The van der Waals surface area contributed by atoms with Crippen LogP contribution >= 0.6 is 23.4 Å². The Bertz CT molecular complexity index is 774. The summed E-state index contributed by atoms with van der Waals surface area (Å²) in [5, 5.41) is 0.682. The first-order valence-corrected chi connectivity index (χ1v) is 9.91. The van der Waals surface area contributed by atoms with Crippen LogP contribution in [0, 0.1) is 6.92 Å². The second kappa shape index (κ2) is 10.9. The van der Waals surface area contributed by atoms with Crippen molar-refractivity contribution in [1.29, 1.82) is 0 Å². The van der Waals surface area contributed by atoms with Crippen molar-refractivity contribution in [3.63, 3.8) is 0 Å². The van der Waals surface area contributed by atoms with Gasteiger partial charge in [-0.05, 0) is 67.4 Å². The molecule has 144 valence electrons. The number of thioether (sulfide) groups is 1. The molecule has 0 fully saturated rings. The summed E-state index contributed by atoms with van der Waals surface area (Å²) in [6.45, 7) is 8.49. The first-order valence-electron chi connectivity index (χ1n) is 8.55. The fourth-order valence-electron chi connectivity index (χ4n) is 2.16. The third kappa shape index (κ3) is 7.57. The molecule has 0 saturated heterocycles. The molecule has 0 aliphatic carbocycles. The molecule has 0 heterocycles. The van der Waals surface area contributed by atoms with Crippen molar-refractivity contribution in [1.82, 2.24) is 0 Å². The number of ether oxygens (including phenoxy) is 3. The molecule has 0 bridgehead atoms. The summed E-state index contributed by atoms with van der Waals surface area (Å²) in [6, 6.07) is 13.1. The van der Waals surface area contributed by atoms with Gasteiger partial charge in [-0.3, -0.25) is 0 Å². The van der Waals surface area contributed by atoms with E-state index in [1.807, 2.05) is 37.3 Å². The first-order chi connectivity index (χ1) is 13.0. The van der Waals surface area contributed by atoms with Crippen LogP contribution in [0.25, 0.3) is 0 Å². The molecule has 6 heteroatoms. The second-order valence-corrected chi connectivity index (χ2v) is 7.29. The van der Waals surface area contributed by atoms with Crippen LogP contribution in [-0.2, 0) is 9.53 Å².